The third-order valence-electron chi connectivity index (χ3n) is 1.87. The summed E-state index contributed by atoms with van der Waals surface area (Å²) in [5, 5.41) is 8.59. The van der Waals surface area contributed by atoms with Gasteiger partial charge in [0.25, 0.3) is 0 Å². The lowest BCUT2D eigenvalue weighted by atomic mass is 10.2. The fourth-order valence-electron chi connectivity index (χ4n) is 1.07. The highest BCUT2D eigenvalue weighted by molar-refractivity contribution is 9.11. The van der Waals surface area contributed by atoms with E-state index < -0.39 is 0 Å². The Balaban J connectivity index is 1.98. The molecule has 2 aromatic rings. The number of thiophene rings is 1. The number of anilines is 1. The topological polar surface area (TPSA) is 24.9 Å². The largest absolute Gasteiger partial charge is 0.357 e. The molecular formula is C9H9BrN2S2. The molecule has 14 heavy (non-hydrogen) atoms. The molecule has 0 radical (unpaired) electrons. The normalized spacial score (nSPS) is 10.4. The van der Waals surface area contributed by atoms with Crippen LogP contribution in [0.5, 0.6) is 0 Å². The van der Waals surface area contributed by atoms with Gasteiger partial charge in [0.1, 0.15) is 0 Å². The van der Waals surface area contributed by atoms with Crippen molar-refractivity contribution in [2.24, 2.45) is 0 Å². The Morgan fingerprint density at radius 3 is 2.93 bits per heavy atom. The van der Waals surface area contributed by atoms with E-state index in [4.69, 9.17) is 0 Å². The van der Waals surface area contributed by atoms with Crippen LogP contribution in [-0.4, -0.2) is 4.98 Å². The van der Waals surface area contributed by atoms with Crippen molar-refractivity contribution in [2.45, 2.75) is 13.5 Å². The van der Waals surface area contributed by atoms with E-state index in [0.717, 1.165) is 15.5 Å². The van der Waals surface area contributed by atoms with E-state index in [0.29, 0.717) is 0 Å². The third-order valence-corrected chi connectivity index (χ3v) is 4.21. The van der Waals surface area contributed by atoms with Gasteiger partial charge in [0.2, 0.25) is 0 Å². The second-order valence-corrected chi connectivity index (χ2v) is 6.06. The minimum atomic E-state index is 0.856. The van der Waals surface area contributed by atoms with Crippen LogP contribution in [0.2, 0.25) is 0 Å². The van der Waals surface area contributed by atoms with Crippen molar-refractivity contribution in [1.82, 2.24) is 4.98 Å². The first-order valence-corrected chi connectivity index (χ1v) is 6.68. The van der Waals surface area contributed by atoms with Gasteiger partial charge in [-0.15, -0.1) is 0 Å². The smallest absolute Gasteiger partial charge is 0.183 e. The fourth-order valence-corrected chi connectivity index (χ4v) is 3.03. The summed E-state index contributed by atoms with van der Waals surface area (Å²) in [6, 6.07) is 0. The zero-order valence-corrected chi connectivity index (χ0v) is 10.8. The number of hydrogen-bond donors (Lipinski definition) is 1. The number of aryl methyl sites for hydroxylation is 1. The van der Waals surface area contributed by atoms with E-state index in [-0.39, 0.29) is 0 Å². The summed E-state index contributed by atoms with van der Waals surface area (Å²) >= 11 is 6.74. The van der Waals surface area contributed by atoms with Crippen molar-refractivity contribution in [1.29, 1.82) is 0 Å². The SMILES string of the molecule is Cc1cscc1CNc1ncc(Br)s1. The van der Waals surface area contributed by atoms with Crippen LogP contribution in [-0.2, 0) is 6.54 Å². The minimum Gasteiger partial charge on any atom is -0.357 e. The van der Waals surface area contributed by atoms with Crippen molar-refractivity contribution in [3.63, 3.8) is 0 Å². The maximum Gasteiger partial charge on any atom is 0.183 e. The number of hydrogen-bond acceptors (Lipinski definition) is 4. The highest BCUT2D eigenvalue weighted by Crippen LogP contribution is 2.24. The van der Waals surface area contributed by atoms with Crippen molar-refractivity contribution in [3.8, 4) is 0 Å². The Morgan fingerprint density at radius 2 is 2.36 bits per heavy atom. The predicted octanol–water partition coefficient (Wildman–Crippen LogP) is 3.89. The molecule has 1 N–H and O–H groups in total. The monoisotopic (exact) mass is 288 g/mol. The predicted molar refractivity (Wildman–Crippen MR) is 66.2 cm³/mol. The molecule has 2 nitrogen and oxygen atoms in total. The Kier molecular flexibility index (Phi) is 3.20. The Hall–Kier alpha value is -0.390. The number of aromatic nitrogens is 1. The molecule has 2 rings (SSSR count). The molecule has 0 saturated heterocycles. The molecule has 0 spiro atoms. The highest BCUT2D eigenvalue weighted by Gasteiger charge is 2.01. The quantitative estimate of drug-likeness (QED) is 0.927. The van der Waals surface area contributed by atoms with Crippen LogP contribution in [0.1, 0.15) is 11.1 Å². The lowest BCUT2D eigenvalue weighted by Gasteiger charge is -2.00. The van der Waals surface area contributed by atoms with Gasteiger partial charge < -0.3 is 5.32 Å². The molecular weight excluding hydrogens is 280 g/mol. The molecule has 0 aliphatic rings. The van der Waals surface area contributed by atoms with Gasteiger partial charge in [-0.1, -0.05) is 11.3 Å². The molecule has 0 fully saturated rings. The number of nitrogens with one attached hydrogen (secondary N) is 1. The van der Waals surface area contributed by atoms with E-state index >= 15 is 0 Å². The molecule has 2 heterocycles. The second kappa shape index (κ2) is 4.42. The first kappa shape index (κ1) is 10.1. The van der Waals surface area contributed by atoms with Crippen molar-refractivity contribution in [3.05, 3.63) is 31.9 Å². The first-order valence-electron chi connectivity index (χ1n) is 4.12. The van der Waals surface area contributed by atoms with Gasteiger partial charge in [0.05, 0.1) is 9.98 Å². The van der Waals surface area contributed by atoms with E-state index in [1.165, 1.54) is 11.1 Å². The van der Waals surface area contributed by atoms with Crippen LogP contribution in [0.15, 0.2) is 20.7 Å². The molecule has 0 aliphatic heterocycles. The lowest BCUT2D eigenvalue weighted by Crippen LogP contribution is -1.98. The maximum atomic E-state index is 4.21. The second-order valence-electron chi connectivity index (χ2n) is 2.90. The van der Waals surface area contributed by atoms with Gasteiger partial charge >= 0.3 is 0 Å². The minimum absolute atomic E-state index is 0.856. The number of thiazole rings is 1. The van der Waals surface area contributed by atoms with Crippen LogP contribution in [0.3, 0.4) is 0 Å². The average Bonchev–Trinajstić information content (AvgIpc) is 2.72. The molecule has 2 aromatic heterocycles. The summed E-state index contributed by atoms with van der Waals surface area (Å²) in [4.78, 5) is 4.21. The molecule has 0 saturated carbocycles. The summed E-state index contributed by atoms with van der Waals surface area (Å²) in [5.74, 6) is 0. The van der Waals surface area contributed by atoms with Gasteiger partial charge in [0.15, 0.2) is 5.13 Å². The van der Waals surface area contributed by atoms with E-state index in [1.54, 1.807) is 22.7 Å². The number of nitrogens with zero attached hydrogens (tertiary/aromatic N) is 1. The van der Waals surface area contributed by atoms with Gasteiger partial charge in [-0.05, 0) is 44.7 Å². The molecule has 0 unspecified atom stereocenters. The molecule has 0 aliphatic carbocycles. The summed E-state index contributed by atoms with van der Waals surface area (Å²) in [6.45, 7) is 2.99. The Labute approximate surface area is 99.1 Å². The van der Waals surface area contributed by atoms with Gasteiger partial charge in [-0.3, -0.25) is 0 Å². The molecule has 0 aromatic carbocycles. The summed E-state index contributed by atoms with van der Waals surface area (Å²) in [7, 11) is 0. The van der Waals surface area contributed by atoms with E-state index in [1.807, 2.05) is 6.20 Å². The standard InChI is InChI=1S/C9H9BrN2S2/c1-6-4-13-5-7(6)2-11-9-12-3-8(10)14-9/h3-5H,2H2,1H3,(H,11,12). The Bertz CT molecular complexity index is 422. The number of halogens is 1. The van der Waals surface area contributed by atoms with Crippen LogP contribution < -0.4 is 5.32 Å². The summed E-state index contributed by atoms with van der Waals surface area (Å²) in [5.41, 5.74) is 2.69. The van der Waals surface area contributed by atoms with Crippen molar-refractivity contribution >= 4 is 43.7 Å². The zero-order chi connectivity index (χ0) is 9.97. The maximum absolute atomic E-state index is 4.21. The average molecular weight is 289 g/mol. The summed E-state index contributed by atoms with van der Waals surface area (Å²) < 4.78 is 1.06. The molecule has 0 atom stereocenters. The first-order chi connectivity index (χ1) is 6.75. The van der Waals surface area contributed by atoms with Gasteiger partial charge in [-0.2, -0.15) is 11.3 Å². The highest BCUT2D eigenvalue weighted by atomic mass is 79.9. The third kappa shape index (κ3) is 2.34. The van der Waals surface area contributed by atoms with Crippen molar-refractivity contribution in [2.75, 3.05) is 5.32 Å². The zero-order valence-electron chi connectivity index (χ0n) is 7.58. The van der Waals surface area contributed by atoms with E-state index in [9.17, 15) is 0 Å². The molecule has 5 heteroatoms. The fraction of sp³-hybridized carbons (Fsp3) is 0.222. The van der Waals surface area contributed by atoms with Gasteiger partial charge in [0, 0.05) is 6.54 Å². The van der Waals surface area contributed by atoms with Crippen LogP contribution in [0.25, 0.3) is 0 Å². The van der Waals surface area contributed by atoms with Crippen LogP contribution >= 0.6 is 38.6 Å². The summed E-state index contributed by atoms with van der Waals surface area (Å²) in [6.07, 6.45) is 1.81. The van der Waals surface area contributed by atoms with Crippen LogP contribution in [0, 0.1) is 6.92 Å². The molecule has 0 bridgehead atoms. The van der Waals surface area contributed by atoms with E-state index in [2.05, 4.69) is 43.9 Å². The van der Waals surface area contributed by atoms with Crippen molar-refractivity contribution < 1.29 is 0 Å². The molecule has 0 amide bonds. The molecule has 74 valence electrons. The lowest BCUT2D eigenvalue weighted by molar-refractivity contribution is 1.12. The van der Waals surface area contributed by atoms with Crippen LogP contribution in [0.4, 0.5) is 5.13 Å². The number of rotatable bonds is 3. The Morgan fingerprint density at radius 1 is 1.50 bits per heavy atom. The van der Waals surface area contributed by atoms with Gasteiger partial charge in [-0.25, -0.2) is 4.98 Å².